The molecule has 0 spiro atoms. The van der Waals surface area contributed by atoms with Gasteiger partial charge in [-0.15, -0.1) is 0 Å². The molecule has 82 valence electrons. The highest BCUT2D eigenvalue weighted by molar-refractivity contribution is 9.10. The standard InChI is InChI=1S/C11H13BrO2S/c1-8-5-10(12)6-9(7-13)11(8)14-3-4-15-2/h5-7H,3-4H2,1-2H3. The van der Waals surface area contributed by atoms with Gasteiger partial charge in [0.15, 0.2) is 6.29 Å². The Morgan fingerprint density at radius 3 is 2.87 bits per heavy atom. The number of aryl methyl sites for hydroxylation is 1. The van der Waals surface area contributed by atoms with Gasteiger partial charge in [-0.1, -0.05) is 15.9 Å². The minimum atomic E-state index is 0.600. The predicted octanol–water partition coefficient (Wildman–Crippen LogP) is 3.31. The van der Waals surface area contributed by atoms with Gasteiger partial charge in [0.2, 0.25) is 0 Å². The minimum absolute atomic E-state index is 0.600. The van der Waals surface area contributed by atoms with Crippen molar-refractivity contribution >= 4 is 34.0 Å². The summed E-state index contributed by atoms with van der Waals surface area (Å²) in [4.78, 5) is 10.9. The summed E-state index contributed by atoms with van der Waals surface area (Å²) >= 11 is 5.07. The number of benzene rings is 1. The Bertz CT molecular complexity index is 353. The quantitative estimate of drug-likeness (QED) is 0.614. The van der Waals surface area contributed by atoms with Gasteiger partial charge in [-0.25, -0.2) is 0 Å². The lowest BCUT2D eigenvalue weighted by Gasteiger charge is -2.11. The summed E-state index contributed by atoms with van der Waals surface area (Å²) in [5.41, 5.74) is 1.58. The first-order valence-electron chi connectivity index (χ1n) is 4.56. The third kappa shape index (κ3) is 3.54. The largest absolute Gasteiger partial charge is 0.492 e. The minimum Gasteiger partial charge on any atom is -0.492 e. The number of carbonyl (C=O) groups excluding carboxylic acids is 1. The maximum absolute atomic E-state index is 10.9. The van der Waals surface area contributed by atoms with Gasteiger partial charge < -0.3 is 4.74 Å². The fourth-order valence-electron chi connectivity index (χ4n) is 1.27. The second-order valence-electron chi connectivity index (χ2n) is 3.10. The summed E-state index contributed by atoms with van der Waals surface area (Å²) in [5, 5.41) is 0. The summed E-state index contributed by atoms with van der Waals surface area (Å²) in [7, 11) is 0. The third-order valence-corrected chi connectivity index (χ3v) is 2.96. The molecule has 0 saturated carbocycles. The van der Waals surface area contributed by atoms with Crippen LogP contribution in [-0.4, -0.2) is 24.9 Å². The molecule has 0 atom stereocenters. The number of rotatable bonds is 5. The van der Waals surface area contributed by atoms with Gasteiger partial charge >= 0.3 is 0 Å². The molecule has 0 bridgehead atoms. The molecule has 1 aromatic rings. The van der Waals surface area contributed by atoms with E-state index in [9.17, 15) is 4.79 Å². The zero-order valence-electron chi connectivity index (χ0n) is 8.75. The van der Waals surface area contributed by atoms with E-state index in [1.54, 1.807) is 17.8 Å². The third-order valence-electron chi connectivity index (χ3n) is 1.93. The predicted molar refractivity (Wildman–Crippen MR) is 68.1 cm³/mol. The number of hydrogen-bond acceptors (Lipinski definition) is 3. The Hall–Kier alpha value is -0.480. The van der Waals surface area contributed by atoms with Gasteiger partial charge in [0.25, 0.3) is 0 Å². The van der Waals surface area contributed by atoms with Gasteiger partial charge in [-0.3, -0.25) is 4.79 Å². The van der Waals surface area contributed by atoms with Crippen molar-refractivity contribution in [1.82, 2.24) is 0 Å². The van der Waals surface area contributed by atoms with E-state index in [1.165, 1.54) is 0 Å². The Morgan fingerprint density at radius 1 is 1.53 bits per heavy atom. The number of halogens is 1. The van der Waals surface area contributed by atoms with E-state index in [-0.39, 0.29) is 0 Å². The van der Waals surface area contributed by atoms with Gasteiger partial charge in [-0.2, -0.15) is 11.8 Å². The molecule has 0 N–H and O–H groups in total. The molecule has 0 aliphatic heterocycles. The molecule has 0 saturated heterocycles. The lowest BCUT2D eigenvalue weighted by atomic mass is 10.1. The van der Waals surface area contributed by atoms with Crippen molar-refractivity contribution in [1.29, 1.82) is 0 Å². The molecule has 0 unspecified atom stereocenters. The Morgan fingerprint density at radius 2 is 2.27 bits per heavy atom. The van der Waals surface area contributed by atoms with Crippen molar-refractivity contribution in [3.05, 3.63) is 27.7 Å². The highest BCUT2D eigenvalue weighted by atomic mass is 79.9. The fourth-order valence-corrected chi connectivity index (χ4v) is 2.11. The van der Waals surface area contributed by atoms with Crippen LogP contribution in [0.15, 0.2) is 16.6 Å². The molecule has 0 fully saturated rings. The fraction of sp³-hybridized carbons (Fsp3) is 0.364. The van der Waals surface area contributed by atoms with Gasteiger partial charge in [-0.05, 0) is 30.9 Å². The van der Waals surface area contributed by atoms with E-state index < -0.39 is 0 Å². The van der Waals surface area contributed by atoms with Crippen molar-refractivity contribution in [2.24, 2.45) is 0 Å². The average Bonchev–Trinajstić information content (AvgIpc) is 2.20. The maximum Gasteiger partial charge on any atom is 0.153 e. The van der Waals surface area contributed by atoms with Crippen LogP contribution in [0.4, 0.5) is 0 Å². The monoisotopic (exact) mass is 288 g/mol. The van der Waals surface area contributed by atoms with E-state index in [2.05, 4.69) is 15.9 Å². The summed E-state index contributed by atoms with van der Waals surface area (Å²) in [6, 6.07) is 3.72. The number of aldehydes is 1. The molecule has 15 heavy (non-hydrogen) atoms. The van der Waals surface area contributed by atoms with E-state index in [1.807, 2.05) is 19.2 Å². The summed E-state index contributed by atoms with van der Waals surface area (Å²) in [6.45, 7) is 2.57. The zero-order chi connectivity index (χ0) is 11.3. The first kappa shape index (κ1) is 12.6. The molecule has 2 nitrogen and oxygen atoms in total. The Kier molecular flexibility index (Phi) is 5.19. The Balaban J connectivity index is 2.89. The highest BCUT2D eigenvalue weighted by Crippen LogP contribution is 2.26. The van der Waals surface area contributed by atoms with E-state index >= 15 is 0 Å². The van der Waals surface area contributed by atoms with Crippen LogP contribution in [-0.2, 0) is 0 Å². The molecule has 4 heteroatoms. The highest BCUT2D eigenvalue weighted by Gasteiger charge is 2.07. The van der Waals surface area contributed by atoms with Gasteiger partial charge in [0, 0.05) is 10.2 Å². The zero-order valence-corrected chi connectivity index (χ0v) is 11.2. The molecule has 0 heterocycles. The number of ether oxygens (including phenoxy) is 1. The molecule has 1 aromatic carbocycles. The van der Waals surface area contributed by atoms with Crippen molar-refractivity contribution in [2.75, 3.05) is 18.6 Å². The molecule has 1 rings (SSSR count). The van der Waals surface area contributed by atoms with Crippen molar-refractivity contribution in [3.8, 4) is 5.75 Å². The maximum atomic E-state index is 10.9. The Labute approximate surface area is 103 Å². The van der Waals surface area contributed by atoms with Crippen LogP contribution in [0.3, 0.4) is 0 Å². The summed E-state index contributed by atoms with van der Waals surface area (Å²) < 4.78 is 6.48. The first-order valence-corrected chi connectivity index (χ1v) is 6.74. The first-order chi connectivity index (χ1) is 7.19. The van der Waals surface area contributed by atoms with Crippen LogP contribution < -0.4 is 4.74 Å². The normalized spacial score (nSPS) is 10.1. The van der Waals surface area contributed by atoms with Crippen LogP contribution in [0.1, 0.15) is 15.9 Å². The van der Waals surface area contributed by atoms with Crippen molar-refractivity contribution in [2.45, 2.75) is 6.92 Å². The van der Waals surface area contributed by atoms with Crippen LogP contribution >= 0.6 is 27.7 Å². The summed E-state index contributed by atoms with van der Waals surface area (Å²) in [6.07, 6.45) is 2.85. The van der Waals surface area contributed by atoms with Crippen molar-refractivity contribution < 1.29 is 9.53 Å². The molecule has 0 aliphatic carbocycles. The van der Waals surface area contributed by atoms with Crippen LogP contribution in [0, 0.1) is 6.92 Å². The lowest BCUT2D eigenvalue weighted by Crippen LogP contribution is -2.03. The van der Waals surface area contributed by atoms with E-state index in [4.69, 9.17) is 4.74 Å². The van der Waals surface area contributed by atoms with Crippen LogP contribution in [0.5, 0.6) is 5.75 Å². The van der Waals surface area contributed by atoms with Gasteiger partial charge in [0.1, 0.15) is 5.75 Å². The van der Waals surface area contributed by atoms with Crippen molar-refractivity contribution in [3.63, 3.8) is 0 Å². The van der Waals surface area contributed by atoms with Crippen LogP contribution in [0.2, 0.25) is 0 Å². The molecule has 0 aromatic heterocycles. The average molecular weight is 289 g/mol. The second kappa shape index (κ2) is 6.18. The molecule has 0 amide bonds. The number of hydrogen-bond donors (Lipinski definition) is 0. The van der Waals surface area contributed by atoms with E-state index in [0.29, 0.717) is 17.9 Å². The molecule has 0 aliphatic rings. The van der Waals surface area contributed by atoms with Crippen LogP contribution in [0.25, 0.3) is 0 Å². The smallest absolute Gasteiger partial charge is 0.153 e. The second-order valence-corrected chi connectivity index (χ2v) is 5.00. The SMILES string of the molecule is CSCCOc1c(C)cc(Br)cc1C=O. The lowest BCUT2D eigenvalue weighted by molar-refractivity contribution is 0.111. The molecule has 0 radical (unpaired) electrons. The molecular weight excluding hydrogens is 276 g/mol. The topological polar surface area (TPSA) is 26.3 Å². The number of thioether (sulfide) groups is 1. The summed E-state index contributed by atoms with van der Waals surface area (Å²) in [5.74, 6) is 1.62. The number of carbonyl (C=O) groups is 1. The molecular formula is C11H13BrO2S. The van der Waals surface area contributed by atoms with E-state index in [0.717, 1.165) is 22.1 Å². The van der Waals surface area contributed by atoms with Gasteiger partial charge in [0.05, 0.1) is 12.2 Å².